The van der Waals surface area contributed by atoms with Crippen LogP contribution in [0.4, 0.5) is 4.39 Å². The number of nitrogens with two attached hydrogens (primary N) is 1. The van der Waals surface area contributed by atoms with E-state index in [9.17, 15) is 4.39 Å². The van der Waals surface area contributed by atoms with Gasteiger partial charge in [-0.15, -0.1) is 0 Å². The molecule has 0 aliphatic carbocycles. The van der Waals surface area contributed by atoms with Crippen molar-refractivity contribution in [3.63, 3.8) is 0 Å². The molecule has 0 amide bonds. The average molecular weight is 345 g/mol. The van der Waals surface area contributed by atoms with Gasteiger partial charge < -0.3 is 10.5 Å². The zero-order valence-electron chi connectivity index (χ0n) is 10.2. The molecular weight excluding hydrogens is 333 g/mol. The van der Waals surface area contributed by atoms with Crippen molar-refractivity contribution in [2.45, 2.75) is 13.0 Å². The van der Waals surface area contributed by atoms with Gasteiger partial charge in [0.2, 0.25) is 0 Å². The van der Waals surface area contributed by atoms with Crippen molar-refractivity contribution in [3.05, 3.63) is 57.3 Å². The standard InChI is InChI=1S/C14H12BrClFNO/c1-8(18)9-2-4-14(12(17)6-9)19-13-5-3-10(15)7-11(13)16/h2-8H,18H2,1H3/t8-/m0/s1. The zero-order valence-corrected chi connectivity index (χ0v) is 12.5. The second-order valence-electron chi connectivity index (χ2n) is 4.16. The normalized spacial score (nSPS) is 12.3. The molecule has 19 heavy (non-hydrogen) atoms. The van der Waals surface area contributed by atoms with Crippen molar-refractivity contribution in [3.8, 4) is 11.5 Å². The maximum Gasteiger partial charge on any atom is 0.166 e. The van der Waals surface area contributed by atoms with Crippen molar-refractivity contribution in [2.75, 3.05) is 0 Å². The van der Waals surface area contributed by atoms with Crippen LogP contribution < -0.4 is 10.5 Å². The number of ether oxygens (including phenoxy) is 1. The third-order valence-electron chi connectivity index (χ3n) is 2.60. The van der Waals surface area contributed by atoms with Gasteiger partial charge in [0.1, 0.15) is 5.75 Å². The van der Waals surface area contributed by atoms with Crippen LogP contribution in [0.3, 0.4) is 0 Å². The van der Waals surface area contributed by atoms with E-state index in [-0.39, 0.29) is 11.8 Å². The Bertz CT molecular complexity index is 604. The number of rotatable bonds is 3. The van der Waals surface area contributed by atoms with Gasteiger partial charge in [0.15, 0.2) is 11.6 Å². The maximum atomic E-state index is 13.9. The fourth-order valence-corrected chi connectivity index (χ4v) is 2.27. The van der Waals surface area contributed by atoms with Gasteiger partial charge in [0.05, 0.1) is 5.02 Å². The van der Waals surface area contributed by atoms with Crippen LogP contribution in [0.25, 0.3) is 0 Å². The monoisotopic (exact) mass is 343 g/mol. The molecule has 2 aromatic carbocycles. The molecule has 0 aliphatic rings. The minimum atomic E-state index is -0.464. The third-order valence-corrected chi connectivity index (χ3v) is 3.38. The van der Waals surface area contributed by atoms with Crippen LogP contribution in [-0.4, -0.2) is 0 Å². The van der Waals surface area contributed by atoms with E-state index in [1.807, 2.05) is 0 Å². The molecule has 2 nitrogen and oxygen atoms in total. The van der Waals surface area contributed by atoms with Gasteiger partial charge in [-0.05, 0) is 42.8 Å². The summed E-state index contributed by atoms with van der Waals surface area (Å²) < 4.78 is 20.2. The molecule has 0 heterocycles. The van der Waals surface area contributed by atoms with Crippen LogP contribution in [0.15, 0.2) is 40.9 Å². The van der Waals surface area contributed by atoms with Gasteiger partial charge in [0.25, 0.3) is 0 Å². The first kappa shape index (κ1) is 14.3. The second-order valence-corrected chi connectivity index (χ2v) is 5.48. The molecule has 0 saturated heterocycles. The molecule has 0 spiro atoms. The summed E-state index contributed by atoms with van der Waals surface area (Å²) in [7, 11) is 0. The van der Waals surface area contributed by atoms with Gasteiger partial charge in [-0.1, -0.05) is 33.6 Å². The van der Waals surface area contributed by atoms with Crippen molar-refractivity contribution >= 4 is 27.5 Å². The van der Waals surface area contributed by atoms with Gasteiger partial charge in [-0.2, -0.15) is 0 Å². The lowest BCUT2D eigenvalue weighted by Crippen LogP contribution is -2.05. The molecule has 0 saturated carbocycles. The molecule has 0 aliphatic heterocycles. The van der Waals surface area contributed by atoms with E-state index in [2.05, 4.69) is 15.9 Å². The molecular formula is C14H12BrClFNO. The minimum Gasteiger partial charge on any atom is -0.453 e. The Kier molecular flexibility index (Phi) is 4.45. The molecule has 2 N–H and O–H groups in total. The highest BCUT2D eigenvalue weighted by Crippen LogP contribution is 2.33. The summed E-state index contributed by atoms with van der Waals surface area (Å²) >= 11 is 9.31. The molecule has 2 aromatic rings. The molecule has 1 atom stereocenters. The molecule has 2 rings (SSSR count). The molecule has 0 radical (unpaired) electrons. The SMILES string of the molecule is C[C@H](N)c1ccc(Oc2ccc(Br)cc2Cl)c(F)c1. The number of benzene rings is 2. The lowest BCUT2D eigenvalue weighted by molar-refractivity contribution is 0.441. The first-order valence-corrected chi connectivity index (χ1v) is 6.82. The number of halogens is 3. The summed E-state index contributed by atoms with van der Waals surface area (Å²) in [6.45, 7) is 1.79. The summed E-state index contributed by atoms with van der Waals surface area (Å²) in [5.41, 5.74) is 6.41. The zero-order chi connectivity index (χ0) is 14.0. The Morgan fingerprint density at radius 2 is 1.89 bits per heavy atom. The predicted molar refractivity (Wildman–Crippen MR) is 78.2 cm³/mol. The van der Waals surface area contributed by atoms with E-state index in [1.54, 1.807) is 37.3 Å². The van der Waals surface area contributed by atoms with Crippen LogP contribution in [-0.2, 0) is 0 Å². The Hall–Kier alpha value is -1.10. The first-order valence-electron chi connectivity index (χ1n) is 5.65. The Labute approximate surface area is 124 Å². The lowest BCUT2D eigenvalue weighted by atomic mass is 10.1. The van der Waals surface area contributed by atoms with E-state index < -0.39 is 5.82 Å². The summed E-state index contributed by atoms with van der Waals surface area (Å²) in [5, 5.41) is 0.407. The molecule has 5 heteroatoms. The number of hydrogen-bond acceptors (Lipinski definition) is 2. The van der Waals surface area contributed by atoms with Gasteiger partial charge in [-0.25, -0.2) is 4.39 Å². The summed E-state index contributed by atoms with van der Waals surface area (Å²) in [5.74, 6) is 0.0553. The van der Waals surface area contributed by atoms with Crippen molar-refractivity contribution in [1.82, 2.24) is 0 Å². The highest BCUT2D eigenvalue weighted by Gasteiger charge is 2.10. The fourth-order valence-electron chi connectivity index (χ4n) is 1.56. The smallest absolute Gasteiger partial charge is 0.166 e. The Balaban J connectivity index is 2.28. The average Bonchev–Trinajstić information content (AvgIpc) is 2.34. The van der Waals surface area contributed by atoms with Crippen molar-refractivity contribution in [2.24, 2.45) is 5.73 Å². The maximum absolute atomic E-state index is 13.9. The topological polar surface area (TPSA) is 35.2 Å². The van der Waals surface area contributed by atoms with E-state index in [0.717, 1.165) is 4.47 Å². The molecule has 0 aromatic heterocycles. The Morgan fingerprint density at radius 3 is 2.47 bits per heavy atom. The van der Waals surface area contributed by atoms with Crippen molar-refractivity contribution < 1.29 is 9.13 Å². The van der Waals surface area contributed by atoms with E-state index >= 15 is 0 Å². The first-order chi connectivity index (χ1) is 8.97. The van der Waals surface area contributed by atoms with Gasteiger partial charge in [0, 0.05) is 10.5 Å². The van der Waals surface area contributed by atoms with Gasteiger partial charge in [-0.3, -0.25) is 0 Å². The third kappa shape index (κ3) is 3.47. The summed E-state index contributed by atoms with van der Waals surface area (Å²) in [6.07, 6.45) is 0. The minimum absolute atomic E-state index is 0.119. The van der Waals surface area contributed by atoms with Gasteiger partial charge >= 0.3 is 0 Å². The van der Waals surface area contributed by atoms with Crippen LogP contribution in [0, 0.1) is 5.82 Å². The van der Waals surface area contributed by atoms with Crippen LogP contribution in [0.1, 0.15) is 18.5 Å². The summed E-state index contributed by atoms with van der Waals surface area (Å²) in [4.78, 5) is 0. The molecule has 100 valence electrons. The molecule has 0 fully saturated rings. The van der Waals surface area contributed by atoms with Crippen LogP contribution in [0.2, 0.25) is 5.02 Å². The fraction of sp³-hybridized carbons (Fsp3) is 0.143. The number of hydrogen-bond donors (Lipinski definition) is 1. The van der Waals surface area contributed by atoms with Crippen molar-refractivity contribution in [1.29, 1.82) is 0 Å². The van der Waals surface area contributed by atoms with E-state index in [0.29, 0.717) is 16.3 Å². The second kappa shape index (κ2) is 5.90. The molecule has 0 unspecified atom stereocenters. The highest BCUT2D eigenvalue weighted by atomic mass is 79.9. The lowest BCUT2D eigenvalue weighted by Gasteiger charge is -2.11. The largest absolute Gasteiger partial charge is 0.453 e. The Morgan fingerprint density at radius 1 is 1.21 bits per heavy atom. The van der Waals surface area contributed by atoms with E-state index in [4.69, 9.17) is 22.1 Å². The predicted octanol–water partition coefficient (Wildman–Crippen LogP) is 5.05. The quantitative estimate of drug-likeness (QED) is 0.845. The van der Waals surface area contributed by atoms with Crippen LogP contribution >= 0.6 is 27.5 Å². The molecule has 0 bridgehead atoms. The highest BCUT2D eigenvalue weighted by molar-refractivity contribution is 9.10. The van der Waals surface area contributed by atoms with Crippen LogP contribution in [0.5, 0.6) is 11.5 Å². The summed E-state index contributed by atoms with van der Waals surface area (Å²) in [6, 6.07) is 9.56. The van der Waals surface area contributed by atoms with E-state index in [1.165, 1.54) is 6.07 Å².